The van der Waals surface area contributed by atoms with Gasteiger partial charge in [0.05, 0.1) is 17.4 Å². The number of piperazine rings is 1. The maximum Gasteiger partial charge on any atom is 0.416 e. The number of benzene rings is 2. The van der Waals surface area contributed by atoms with Crippen LogP contribution in [-0.4, -0.2) is 42.7 Å². The zero-order valence-electron chi connectivity index (χ0n) is 14.1. The molecule has 0 saturated carbocycles. The lowest BCUT2D eigenvalue weighted by molar-refractivity contribution is -0.137. The monoisotopic (exact) mass is 368 g/mol. The minimum Gasteiger partial charge on any atom is -0.387 e. The Balaban J connectivity index is 1.59. The van der Waals surface area contributed by atoms with Crippen LogP contribution in [0.1, 0.15) is 17.2 Å². The maximum absolute atomic E-state index is 13.8. The topological polar surface area (TPSA) is 26.7 Å². The number of halogens is 4. The number of anilines is 1. The van der Waals surface area contributed by atoms with E-state index in [9.17, 15) is 22.7 Å². The summed E-state index contributed by atoms with van der Waals surface area (Å²) in [4.78, 5) is 3.91. The van der Waals surface area contributed by atoms with Crippen LogP contribution in [0.25, 0.3) is 0 Å². The highest BCUT2D eigenvalue weighted by molar-refractivity contribution is 5.48. The quantitative estimate of drug-likeness (QED) is 0.834. The summed E-state index contributed by atoms with van der Waals surface area (Å²) in [5.74, 6) is -0.273. The third kappa shape index (κ3) is 4.34. The second-order valence-electron chi connectivity index (χ2n) is 6.38. The highest BCUT2D eigenvalue weighted by atomic mass is 19.4. The molecule has 3 rings (SSSR count). The van der Waals surface area contributed by atoms with Crippen LogP contribution in [0.2, 0.25) is 0 Å². The van der Waals surface area contributed by atoms with E-state index in [0.29, 0.717) is 31.9 Å². The van der Waals surface area contributed by atoms with E-state index in [4.69, 9.17) is 0 Å². The van der Waals surface area contributed by atoms with E-state index in [1.54, 1.807) is 18.2 Å². The Morgan fingerprint density at radius 1 is 0.962 bits per heavy atom. The molecule has 2 aromatic carbocycles. The lowest BCUT2D eigenvalue weighted by Gasteiger charge is -2.37. The van der Waals surface area contributed by atoms with Gasteiger partial charge in [-0.1, -0.05) is 24.3 Å². The van der Waals surface area contributed by atoms with Crippen LogP contribution < -0.4 is 4.90 Å². The summed E-state index contributed by atoms with van der Waals surface area (Å²) < 4.78 is 52.2. The van der Waals surface area contributed by atoms with E-state index in [1.807, 2.05) is 9.80 Å². The van der Waals surface area contributed by atoms with Gasteiger partial charge in [0.1, 0.15) is 5.82 Å². The maximum atomic E-state index is 13.8. The average Bonchev–Trinajstić information content (AvgIpc) is 2.62. The minimum atomic E-state index is -4.43. The largest absolute Gasteiger partial charge is 0.416 e. The van der Waals surface area contributed by atoms with Gasteiger partial charge >= 0.3 is 6.18 Å². The molecule has 1 fully saturated rings. The second kappa shape index (κ2) is 7.63. The molecule has 1 heterocycles. The van der Waals surface area contributed by atoms with Crippen molar-refractivity contribution in [3.05, 3.63) is 65.5 Å². The van der Waals surface area contributed by atoms with Gasteiger partial charge in [-0.3, -0.25) is 4.90 Å². The summed E-state index contributed by atoms with van der Waals surface area (Å²) in [6.07, 6.45) is -5.43. The van der Waals surface area contributed by atoms with Gasteiger partial charge in [-0.05, 0) is 29.8 Å². The highest BCUT2D eigenvalue weighted by Crippen LogP contribution is 2.31. The number of aliphatic hydroxyl groups excluding tert-OH is 1. The number of rotatable bonds is 4. The van der Waals surface area contributed by atoms with E-state index in [1.165, 1.54) is 18.2 Å². The Morgan fingerprint density at radius 3 is 2.31 bits per heavy atom. The molecule has 2 aromatic rings. The summed E-state index contributed by atoms with van der Waals surface area (Å²) >= 11 is 0. The predicted octanol–water partition coefficient (Wildman–Crippen LogP) is 3.70. The van der Waals surface area contributed by atoms with Crippen molar-refractivity contribution in [1.82, 2.24) is 4.90 Å². The van der Waals surface area contributed by atoms with Crippen molar-refractivity contribution in [3.63, 3.8) is 0 Å². The summed E-state index contributed by atoms with van der Waals surface area (Å²) in [6, 6.07) is 11.3. The van der Waals surface area contributed by atoms with E-state index in [-0.39, 0.29) is 17.9 Å². The fourth-order valence-corrected chi connectivity index (χ4v) is 3.15. The van der Waals surface area contributed by atoms with Gasteiger partial charge in [0.15, 0.2) is 0 Å². The molecule has 1 atom stereocenters. The highest BCUT2D eigenvalue weighted by Gasteiger charge is 2.31. The van der Waals surface area contributed by atoms with Crippen LogP contribution in [0.15, 0.2) is 48.5 Å². The Kier molecular flexibility index (Phi) is 5.48. The molecule has 1 N–H and O–H groups in total. The number of aliphatic hydroxyl groups is 1. The molecule has 1 unspecified atom stereocenters. The zero-order valence-corrected chi connectivity index (χ0v) is 14.1. The molecule has 0 spiro atoms. The molecular formula is C19H20F4N2O. The normalized spacial score (nSPS) is 17.3. The van der Waals surface area contributed by atoms with E-state index in [2.05, 4.69) is 0 Å². The first-order chi connectivity index (χ1) is 12.3. The Labute approximate surface area is 149 Å². The summed E-state index contributed by atoms with van der Waals surface area (Å²) in [7, 11) is 0. The van der Waals surface area contributed by atoms with Crippen molar-refractivity contribution in [1.29, 1.82) is 0 Å². The summed E-state index contributed by atoms with van der Waals surface area (Å²) in [5, 5.41) is 10.3. The van der Waals surface area contributed by atoms with Gasteiger partial charge in [-0.15, -0.1) is 0 Å². The first-order valence-electron chi connectivity index (χ1n) is 8.41. The van der Waals surface area contributed by atoms with Gasteiger partial charge < -0.3 is 10.0 Å². The lowest BCUT2D eigenvalue weighted by Crippen LogP contribution is -2.47. The first kappa shape index (κ1) is 18.7. The number of alkyl halides is 3. The number of hydrogen-bond acceptors (Lipinski definition) is 3. The number of para-hydroxylation sites is 1. The molecule has 7 heteroatoms. The van der Waals surface area contributed by atoms with Gasteiger partial charge in [0.25, 0.3) is 0 Å². The van der Waals surface area contributed by atoms with Crippen molar-refractivity contribution >= 4 is 5.69 Å². The summed E-state index contributed by atoms with van der Waals surface area (Å²) in [5.41, 5.74) is 0.0281. The van der Waals surface area contributed by atoms with Crippen LogP contribution >= 0.6 is 0 Å². The van der Waals surface area contributed by atoms with Crippen molar-refractivity contribution in [2.75, 3.05) is 37.6 Å². The van der Waals surface area contributed by atoms with E-state index < -0.39 is 17.8 Å². The van der Waals surface area contributed by atoms with Gasteiger partial charge in [0.2, 0.25) is 0 Å². The molecule has 1 aliphatic heterocycles. The summed E-state index contributed by atoms with van der Waals surface area (Å²) in [6.45, 7) is 2.63. The third-order valence-corrected chi connectivity index (χ3v) is 4.60. The minimum absolute atomic E-state index is 0.242. The third-order valence-electron chi connectivity index (χ3n) is 4.60. The second-order valence-corrected chi connectivity index (χ2v) is 6.38. The smallest absolute Gasteiger partial charge is 0.387 e. The van der Waals surface area contributed by atoms with Crippen LogP contribution in [0, 0.1) is 5.82 Å². The van der Waals surface area contributed by atoms with Crippen LogP contribution in [0.4, 0.5) is 23.2 Å². The zero-order chi connectivity index (χ0) is 18.7. The molecular weight excluding hydrogens is 348 g/mol. The van der Waals surface area contributed by atoms with Crippen molar-refractivity contribution in [2.45, 2.75) is 12.3 Å². The molecule has 0 aromatic heterocycles. The molecule has 1 aliphatic rings. The number of nitrogens with zero attached hydrogens (tertiary/aromatic N) is 2. The van der Waals surface area contributed by atoms with Crippen LogP contribution in [0.5, 0.6) is 0 Å². The number of hydrogen-bond donors (Lipinski definition) is 1. The molecule has 140 valence electrons. The SMILES string of the molecule is OC(CN1CCN(c2ccccc2F)CC1)c1cccc(C(F)(F)F)c1. The molecule has 0 bridgehead atoms. The average molecular weight is 368 g/mol. The van der Waals surface area contributed by atoms with Gasteiger partial charge in [-0.2, -0.15) is 13.2 Å². The standard InChI is InChI=1S/C19H20F4N2O/c20-16-6-1-2-7-17(16)25-10-8-24(9-11-25)13-18(26)14-4-3-5-15(12-14)19(21,22)23/h1-7,12,18,26H,8-11,13H2. The van der Waals surface area contributed by atoms with Crippen molar-refractivity contribution < 1.29 is 22.7 Å². The van der Waals surface area contributed by atoms with Gasteiger partial charge in [0, 0.05) is 32.7 Å². The van der Waals surface area contributed by atoms with Crippen molar-refractivity contribution in [3.8, 4) is 0 Å². The Morgan fingerprint density at radius 2 is 1.65 bits per heavy atom. The Bertz CT molecular complexity index is 742. The fourth-order valence-electron chi connectivity index (χ4n) is 3.15. The lowest BCUT2D eigenvalue weighted by atomic mass is 10.0. The molecule has 0 radical (unpaired) electrons. The molecule has 26 heavy (non-hydrogen) atoms. The molecule has 0 aliphatic carbocycles. The van der Waals surface area contributed by atoms with E-state index >= 15 is 0 Å². The van der Waals surface area contributed by atoms with Crippen LogP contribution in [0.3, 0.4) is 0 Å². The predicted molar refractivity (Wildman–Crippen MR) is 91.5 cm³/mol. The van der Waals surface area contributed by atoms with Crippen LogP contribution in [-0.2, 0) is 6.18 Å². The Hall–Kier alpha value is -2.12. The van der Waals surface area contributed by atoms with E-state index in [0.717, 1.165) is 12.1 Å². The van der Waals surface area contributed by atoms with Gasteiger partial charge in [-0.25, -0.2) is 4.39 Å². The van der Waals surface area contributed by atoms with Crippen molar-refractivity contribution in [2.24, 2.45) is 0 Å². The molecule has 3 nitrogen and oxygen atoms in total. The fraction of sp³-hybridized carbons (Fsp3) is 0.368. The molecule has 0 amide bonds. The molecule has 1 saturated heterocycles. The first-order valence-corrected chi connectivity index (χ1v) is 8.41. The number of β-amino-alcohol motifs (C(OH)–C–C–N with tert-alkyl or cyclic N) is 1.